The van der Waals surface area contributed by atoms with Crippen molar-refractivity contribution in [2.24, 2.45) is 0 Å². The van der Waals surface area contributed by atoms with E-state index in [1.165, 1.54) is 0 Å². The number of amides is 1. The van der Waals surface area contributed by atoms with Gasteiger partial charge in [-0.3, -0.25) is 4.79 Å². The maximum absolute atomic E-state index is 11.6. The third kappa shape index (κ3) is 4.23. The van der Waals surface area contributed by atoms with Crippen molar-refractivity contribution in [2.45, 2.75) is 39.2 Å². The van der Waals surface area contributed by atoms with E-state index in [2.05, 4.69) is 5.32 Å². The number of hydrogen-bond acceptors (Lipinski definition) is 1. The first-order valence-electron chi connectivity index (χ1n) is 5.54. The summed E-state index contributed by atoms with van der Waals surface area (Å²) in [5, 5.41) is 3.61. The molecular formula is C13H18ClNO. The largest absolute Gasteiger partial charge is 0.354 e. The van der Waals surface area contributed by atoms with Gasteiger partial charge in [0.15, 0.2) is 0 Å². The summed E-state index contributed by atoms with van der Waals surface area (Å²) in [4.78, 5) is 11.6. The van der Waals surface area contributed by atoms with Gasteiger partial charge < -0.3 is 5.32 Å². The Bertz CT molecular complexity index is 345. The molecule has 0 heterocycles. The molecule has 16 heavy (non-hydrogen) atoms. The van der Waals surface area contributed by atoms with E-state index in [0.29, 0.717) is 6.42 Å². The quantitative estimate of drug-likeness (QED) is 0.858. The van der Waals surface area contributed by atoms with Crippen molar-refractivity contribution in [1.82, 2.24) is 5.32 Å². The molecule has 0 aliphatic heterocycles. The fourth-order valence-electron chi connectivity index (χ4n) is 1.57. The van der Waals surface area contributed by atoms with Gasteiger partial charge in [0, 0.05) is 17.5 Å². The lowest BCUT2D eigenvalue weighted by Gasteiger charge is -2.13. The van der Waals surface area contributed by atoms with Crippen LogP contribution in [0.3, 0.4) is 0 Å². The van der Waals surface area contributed by atoms with E-state index >= 15 is 0 Å². The molecule has 0 aliphatic rings. The first-order valence-corrected chi connectivity index (χ1v) is 5.91. The fourth-order valence-corrected chi connectivity index (χ4v) is 1.69. The van der Waals surface area contributed by atoms with Gasteiger partial charge in [-0.2, -0.15) is 0 Å². The predicted molar refractivity (Wildman–Crippen MR) is 67.8 cm³/mol. The Kier molecular flexibility index (Phi) is 4.81. The molecule has 1 atom stereocenters. The lowest BCUT2D eigenvalue weighted by Crippen LogP contribution is -2.30. The van der Waals surface area contributed by atoms with E-state index in [-0.39, 0.29) is 17.9 Å². The molecular weight excluding hydrogens is 222 g/mol. The van der Waals surface area contributed by atoms with Crippen molar-refractivity contribution in [3.8, 4) is 0 Å². The molecule has 1 N–H and O–H groups in total. The maximum Gasteiger partial charge on any atom is 0.220 e. The summed E-state index contributed by atoms with van der Waals surface area (Å²) in [5.41, 5.74) is 1.14. The zero-order chi connectivity index (χ0) is 12.1. The van der Waals surface area contributed by atoms with Crippen molar-refractivity contribution >= 4 is 17.5 Å². The van der Waals surface area contributed by atoms with Crippen LogP contribution < -0.4 is 5.32 Å². The number of hydrogen-bond donors (Lipinski definition) is 1. The summed E-state index contributed by atoms with van der Waals surface area (Å²) in [7, 11) is 0. The summed E-state index contributed by atoms with van der Waals surface area (Å²) >= 11 is 5.81. The van der Waals surface area contributed by atoms with Crippen molar-refractivity contribution in [2.75, 3.05) is 0 Å². The standard InChI is InChI=1S/C13H18ClNO/c1-9(2)15-13(16)8-10(3)11-4-6-12(14)7-5-11/h4-7,9-10H,8H2,1-3H3,(H,15,16)/t10-/m0/s1. The number of benzene rings is 1. The Morgan fingerprint density at radius 3 is 2.31 bits per heavy atom. The summed E-state index contributed by atoms with van der Waals surface area (Å²) in [6, 6.07) is 7.84. The van der Waals surface area contributed by atoms with Crippen LogP contribution in [0.5, 0.6) is 0 Å². The van der Waals surface area contributed by atoms with Crippen LogP contribution >= 0.6 is 11.6 Å². The Labute approximate surface area is 102 Å². The molecule has 0 unspecified atom stereocenters. The van der Waals surface area contributed by atoms with E-state index < -0.39 is 0 Å². The lowest BCUT2D eigenvalue weighted by molar-refractivity contribution is -0.121. The number of halogens is 1. The van der Waals surface area contributed by atoms with Gasteiger partial charge in [-0.25, -0.2) is 0 Å². The monoisotopic (exact) mass is 239 g/mol. The van der Waals surface area contributed by atoms with Crippen LogP contribution in [-0.4, -0.2) is 11.9 Å². The lowest BCUT2D eigenvalue weighted by atomic mass is 9.97. The highest BCUT2D eigenvalue weighted by molar-refractivity contribution is 6.30. The number of rotatable bonds is 4. The fraction of sp³-hybridized carbons (Fsp3) is 0.462. The topological polar surface area (TPSA) is 29.1 Å². The molecule has 3 heteroatoms. The Hall–Kier alpha value is -1.02. The molecule has 0 spiro atoms. The van der Waals surface area contributed by atoms with E-state index in [9.17, 15) is 4.79 Å². The number of nitrogens with one attached hydrogen (secondary N) is 1. The van der Waals surface area contributed by atoms with Crippen molar-refractivity contribution in [1.29, 1.82) is 0 Å². The van der Waals surface area contributed by atoms with Crippen LogP contribution in [0.4, 0.5) is 0 Å². The van der Waals surface area contributed by atoms with Crippen LogP contribution in [0.2, 0.25) is 5.02 Å². The van der Waals surface area contributed by atoms with E-state index in [1.54, 1.807) is 0 Å². The normalized spacial score (nSPS) is 12.6. The van der Waals surface area contributed by atoms with Gasteiger partial charge in [0.1, 0.15) is 0 Å². The van der Waals surface area contributed by atoms with Gasteiger partial charge in [0.2, 0.25) is 5.91 Å². The van der Waals surface area contributed by atoms with Crippen LogP contribution in [0.25, 0.3) is 0 Å². The molecule has 1 aromatic carbocycles. The summed E-state index contributed by atoms with van der Waals surface area (Å²) in [5.74, 6) is 0.313. The van der Waals surface area contributed by atoms with Gasteiger partial charge in [0.05, 0.1) is 0 Å². The smallest absolute Gasteiger partial charge is 0.220 e. The molecule has 1 aromatic rings. The highest BCUT2D eigenvalue weighted by Gasteiger charge is 2.11. The second-order valence-electron chi connectivity index (χ2n) is 4.38. The third-order valence-corrected chi connectivity index (χ3v) is 2.63. The Morgan fingerprint density at radius 1 is 1.25 bits per heavy atom. The van der Waals surface area contributed by atoms with Crippen LogP contribution in [0, 0.1) is 0 Å². The number of carbonyl (C=O) groups excluding carboxylic acids is 1. The van der Waals surface area contributed by atoms with Gasteiger partial charge in [-0.05, 0) is 37.5 Å². The van der Waals surface area contributed by atoms with Crippen molar-refractivity contribution < 1.29 is 4.79 Å². The molecule has 1 rings (SSSR count). The second-order valence-corrected chi connectivity index (χ2v) is 4.82. The van der Waals surface area contributed by atoms with Gasteiger partial charge in [0.25, 0.3) is 0 Å². The highest BCUT2D eigenvalue weighted by Crippen LogP contribution is 2.20. The molecule has 0 aromatic heterocycles. The second kappa shape index (κ2) is 5.90. The molecule has 0 saturated heterocycles. The first-order chi connectivity index (χ1) is 7.49. The molecule has 0 saturated carbocycles. The van der Waals surface area contributed by atoms with Gasteiger partial charge in [-0.1, -0.05) is 30.7 Å². The van der Waals surface area contributed by atoms with E-state index in [4.69, 9.17) is 11.6 Å². The Morgan fingerprint density at radius 2 is 1.81 bits per heavy atom. The molecule has 0 radical (unpaired) electrons. The summed E-state index contributed by atoms with van der Waals surface area (Å²) < 4.78 is 0. The van der Waals surface area contributed by atoms with Crippen molar-refractivity contribution in [3.63, 3.8) is 0 Å². The van der Waals surface area contributed by atoms with Crippen molar-refractivity contribution in [3.05, 3.63) is 34.9 Å². The molecule has 0 aliphatic carbocycles. The maximum atomic E-state index is 11.6. The Balaban J connectivity index is 2.55. The summed E-state index contributed by atoms with van der Waals surface area (Å²) in [6.45, 7) is 5.97. The minimum absolute atomic E-state index is 0.0949. The minimum atomic E-state index is 0.0949. The van der Waals surface area contributed by atoms with Crippen LogP contribution in [0.1, 0.15) is 38.7 Å². The highest BCUT2D eigenvalue weighted by atomic mass is 35.5. The van der Waals surface area contributed by atoms with Crippen LogP contribution in [-0.2, 0) is 4.79 Å². The first kappa shape index (κ1) is 13.0. The van der Waals surface area contributed by atoms with E-state index in [1.807, 2.05) is 45.0 Å². The number of carbonyl (C=O) groups is 1. The third-order valence-electron chi connectivity index (χ3n) is 2.38. The molecule has 2 nitrogen and oxygen atoms in total. The molecule has 0 bridgehead atoms. The average Bonchev–Trinajstić information content (AvgIpc) is 2.16. The molecule has 0 fully saturated rings. The van der Waals surface area contributed by atoms with Crippen LogP contribution in [0.15, 0.2) is 24.3 Å². The SMILES string of the molecule is CC(C)NC(=O)C[C@H](C)c1ccc(Cl)cc1. The van der Waals surface area contributed by atoms with Gasteiger partial charge >= 0.3 is 0 Å². The molecule has 88 valence electrons. The van der Waals surface area contributed by atoms with Gasteiger partial charge in [-0.15, -0.1) is 0 Å². The zero-order valence-corrected chi connectivity index (χ0v) is 10.7. The van der Waals surface area contributed by atoms with E-state index in [0.717, 1.165) is 10.6 Å². The zero-order valence-electron chi connectivity index (χ0n) is 9.96. The minimum Gasteiger partial charge on any atom is -0.354 e. The average molecular weight is 240 g/mol. The predicted octanol–water partition coefficient (Wildman–Crippen LogP) is 3.36. The summed E-state index contributed by atoms with van der Waals surface area (Å²) in [6.07, 6.45) is 0.514. The molecule has 1 amide bonds.